The third-order valence-electron chi connectivity index (χ3n) is 5.08. The van der Waals surface area contributed by atoms with Crippen LogP contribution in [0.4, 0.5) is 5.00 Å². The predicted octanol–water partition coefficient (Wildman–Crippen LogP) is 4.56. The van der Waals surface area contributed by atoms with Crippen LogP contribution >= 0.6 is 33.9 Å². The molecular formula is C24H20INO7S. The molecule has 1 aliphatic heterocycles. The van der Waals surface area contributed by atoms with Gasteiger partial charge in [0.15, 0.2) is 18.1 Å². The molecule has 2 heterocycles. The van der Waals surface area contributed by atoms with Crippen LogP contribution in [-0.2, 0) is 20.7 Å². The Labute approximate surface area is 213 Å². The molecular weight excluding hydrogens is 573 g/mol. The van der Waals surface area contributed by atoms with Crippen molar-refractivity contribution >= 4 is 56.8 Å². The molecule has 8 nitrogen and oxygen atoms in total. The number of carbonyl (C=O) groups is 3. The first kappa shape index (κ1) is 24.0. The van der Waals surface area contributed by atoms with Crippen LogP contribution in [0.15, 0.2) is 42.5 Å². The van der Waals surface area contributed by atoms with Gasteiger partial charge in [0.2, 0.25) is 6.79 Å². The average Bonchev–Trinajstić information content (AvgIpc) is 3.41. The fourth-order valence-corrected chi connectivity index (χ4v) is 4.85. The highest BCUT2D eigenvalue weighted by molar-refractivity contribution is 14.1. The third-order valence-corrected chi connectivity index (χ3v) is 6.87. The molecule has 1 aliphatic rings. The quantitative estimate of drug-likeness (QED) is 0.317. The second-order valence-electron chi connectivity index (χ2n) is 7.33. The van der Waals surface area contributed by atoms with E-state index in [-0.39, 0.29) is 12.4 Å². The van der Waals surface area contributed by atoms with E-state index in [2.05, 4.69) is 27.9 Å². The number of benzene rings is 2. The highest BCUT2D eigenvalue weighted by Gasteiger charge is 2.25. The van der Waals surface area contributed by atoms with Crippen LogP contribution in [0.1, 0.15) is 36.7 Å². The van der Waals surface area contributed by atoms with Gasteiger partial charge in [-0.05, 0) is 83.5 Å². The Morgan fingerprint density at radius 1 is 1.06 bits per heavy atom. The highest BCUT2D eigenvalue weighted by atomic mass is 127. The zero-order chi connectivity index (χ0) is 24.2. The number of amides is 1. The molecule has 176 valence electrons. The third kappa shape index (κ3) is 5.33. The van der Waals surface area contributed by atoms with Crippen molar-refractivity contribution in [3.8, 4) is 11.5 Å². The zero-order valence-corrected chi connectivity index (χ0v) is 21.3. The maximum atomic E-state index is 12.6. The van der Waals surface area contributed by atoms with Gasteiger partial charge in [-0.1, -0.05) is 6.07 Å². The van der Waals surface area contributed by atoms with E-state index >= 15 is 0 Å². The molecule has 0 saturated carbocycles. The second kappa shape index (κ2) is 10.4. The largest absolute Gasteiger partial charge is 0.465 e. The van der Waals surface area contributed by atoms with Crippen LogP contribution in [0.25, 0.3) is 0 Å². The van der Waals surface area contributed by atoms with Crippen molar-refractivity contribution in [2.45, 2.75) is 13.3 Å². The lowest BCUT2D eigenvalue weighted by Crippen LogP contribution is -2.21. The maximum absolute atomic E-state index is 12.6. The highest BCUT2D eigenvalue weighted by Crippen LogP contribution is 2.37. The molecule has 0 atom stereocenters. The van der Waals surface area contributed by atoms with E-state index in [0.29, 0.717) is 28.5 Å². The van der Waals surface area contributed by atoms with Gasteiger partial charge in [0.1, 0.15) is 5.00 Å². The van der Waals surface area contributed by atoms with E-state index in [0.717, 1.165) is 19.6 Å². The summed E-state index contributed by atoms with van der Waals surface area (Å²) in [6.45, 7) is 1.56. The van der Waals surface area contributed by atoms with Crippen molar-refractivity contribution in [3.05, 3.63) is 73.2 Å². The first-order chi connectivity index (χ1) is 16.4. The van der Waals surface area contributed by atoms with Gasteiger partial charge in [0.05, 0.1) is 18.2 Å². The Bertz CT molecular complexity index is 1250. The molecule has 0 spiro atoms. The number of thiophene rings is 1. The number of fused-ring (bicyclic) bond motifs is 1. The summed E-state index contributed by atoms with van der Waals surface area (Å²) >= 11 is 3.39. The fourth-order valence-electron chi connectivity index (χ4n) is 3.42. The number of ether oxygens (including phenoxy) is 4. The fraction of sp³-hybridized carbons (Fsp3) is 0.208. The molecule has 1 amide bonds. The number of halogens is 1. The lowest BCUT2D eigenvalue weighted by Gasteiger charge is -2.09. The van der Waals surface area contributed by atoms with Gasteiger partial charge in [-0.15, -0.1) is 11.3 Å². The Balaban J connectivity index is 1.49. The number of carbonyl (C=O) groups excluding carboxylic acids is 3. The van der Waals surface area contributed by atoms with Crippen LogP contribution in [-0.4, -0.2) is 38.4 Å². The summed E-state index contributed by atoms with van der Waals surface area (Å²) in [5.74, 6) is -0.406. The van der Waals surface area contributed by atoms with Gasteiger partial charge < -0.3 is 24.3 Å². The van der Waals surface area contributed by atoms with Crippen molar-refractivity contribution in [3.63, 3.8) is 0 Å². The number of hydrogen-bond acceptors (Lipinski definition) is 8. The molecule has 34 heavy (non-hydrogen) atoms. The van der Waals surface area contributed by atoms with Crippen molar-refractivity contribution in [1.29, 1.82) is 0 Å². The van der Waals surface area contributed by atoms with E-state index in [4.69, 9.17) is 18.9 Å². The zero-order valence-electron chi connectivity index (χ0n) is 18.3. The molecule has 0 fully saturated rings. The van der Waals surface area contributed by atoms with Crippen LogP contribution in [0, 0.1) is 10.5 Å². The lowest BCUT2D eigenvalue weighted by atomic mass is 10.0. The van der Waals surface area contributed by atoms with Gasteiger partial charge in [-0.3, -0.25) is 4.79 Å². The second-order valence-corrected chi connectivity index (χ2v) is 9.80. The van der Waals surface area contributed by atoms with Crippen LogP contribution < -0.4 is 14.8 Å². The molecule has 0 radical (unpaired) electrons. The van der Waals surface area contributed by atoms with E-state index in [9.17, 15) is 14.4 Å². The minimum Gasteiger partial charge on any atom is -0.465 e. The number of esters is 2. The number of anilines is 1. The minimum absolute atomic E-state index is 0.175. The topological polar surface area (TPSA) is 100 Å². The van der Waals surface area contributed by atoms with E-state index in [1.54, 1.807) is 24.3 Å². The van der Waals surface area contributed by atoms with Gasteiger partial charge in [0.25, 0.3) is 5.91 Å². The average molecular weight is 593 g/mol. The molecule has 0 saturated heterocycles. The van der Waals surface area contributed by atoms with Gasteiger partial charge in [0, 0.05) is 8.45 Å². The smallest absolute Gasteiger partial charge is 0.341 e. The first-order valence-electron chi connectivity index (χ1n) is 10.2. The van der Waals surface area contributed by atoms with Crippen LogP contribution in [0.3, 0.4) is 0 Å². The molecule has 1 aromatic heterocycles. The first-order valence-corrected chi connectivity index (χ1v) is 12.1. The molecule has 2 aromatic carbocycles. The Morgan fingerprint density at radius 2 is 1.79 bits per heavy atom. The standard InChI is InChI=1S/C24H20INO7S/c1-13-17(9-14-3-8-18-19(10-14)33-12-32-18)21(24(29)30-2)22(34-13)26-20(27)11-31-23(28)15-4-6-16(25)7-5-15/h3-8,10H,9,11-12H2,1-2H3,(H,26,27). The van der Waals surface area contributed by atoms with Crippen molar-refractivity contribution in [2.75, 3.05) is 25.8 Å². The SMILES string of the molecule is COC(=O)c1c(NC(=O)COC(=O)c2ccc(I)cc2)sc(C)c1Cc1ccc2c(c1)OCO2. The monoisotopic (exact) mass is 593 g/mol. The summed E-state index contributed by atoms with van der Waals surface area (Å²) in [6, 6.07) is 12.4. The summed E-state index contributed by atoms with van der Waals surface area (Å²) in [5, 5.41) is 3.03. The summed E-state index contributed by atoms with van der Waals surface area (Å²) in [7, 11) is 1.29. The van der Waals surface area contributed by atoms with Gasteiger partial charge in [-0.2, -0.15) is 0 Å². The van der Waals surface area contributed by atoms with Crippen LogP contribution in [0.5, 0.6) is 11.5 Å². The number of aryl methyl sites for hydroxylation is 1. The van der Waals surface area contributed by atoms with E-state index in [1.807, 2.05) is 25.1 Å². The summed E-state index contributed by atoms with van der Waals surface area (Å²) in [5.41, 5.74) is 2.28. The normalized spacial score (nSPS) is 11.7. The predicted molar refractivity (Wildman–Crippen MR) is 134 cm³/mol. The molecule has 0 unspecified atom stereocenters. The van der Waals surface area contributed by atoms with Crippen molar-refractivity contribution in [2.24, 2.45) is 0 Å². The summed E-state index contributed by atoms with van der Waals surface area (Å²) < 4.78 is 21.9. The number of methoxy groups -OCH3 is 1. The summed E-state index contributed by atoms with van der Waals surface area (Å²) in [4.78, 5) is 38.1. The van der Waals surface area contributed by atoms with Crippen LogP contribution in [0.2, 0.25) is 0 Å². The molecule has 0 aliphatic carbocycles. The Morgan fingerprint density at radius 3 is 2.53 bits per heavy atom. The van der Waals surface area contributed by atoms with Crippen molar-refractivity contribution in [1.82, 2.24) is 0 Å². The molecule has 4 rings (SSSR count). The number of hydrogen-bond donors (Lipinski definition) is 1. The van der Waals surface area contributed by atoms with Crippen molar-refractivity contribution < 1.29 is 33.3 Å². The number of rotatable bonds is 7. The minimum atomic E-state index is -0.606. The molecule has 0 bridgehead atoms. The lowest BCUT2D eigenvalue weighted by molar-refractivity contribution is -0.119. The molecule has 10 heteroatoms. The Kier molecular flexibility index (Phi) is 7.37. The maximum Gasteiger partial charge on any atom is 0.341 e. The number of nitrogens with one attached hydrogen (secondary N) is 1. The summed E-state index contributed by atoms with van der Waals surface area (Å²) in [6.07, 6.45) is 0.432. The van der Waals surface area contributed by atoms with E-state index < -0.39 is 24.5 Å². The van der Waals surface area contributed by atoms with E-state index in [1.165, 1.54) is 18.4 Å². The van der Waals surface area contributed by atoms with Gasteiger partial charge in [-0.25, -0.2) is 9.59 Å². The Hall–Kier alpha value is -3.12. The van der Waals surface area contributed by atoms with Gasteiger partial charge >= 0.3 is 11.9 Å². The molecule has 3 aromatic rings. The molecule has 1 N–H and O–H groups in total.